The Balaban J connectivity index is 2.90. The quantitative estimate of drug-likeness (QED) is 0.780. The summed E-state index contributed by atoms with van der Waals surface area (Å²) in [7, 11) is 3.70. The largest absolute Gasteiger partial charge is 0.302 e. The molecule has 2 aromatic heterocycles. The van der Waals surface area contributed by atoms with Crippen LogP contribution in [0.15, 0.2) is 4.79 Å². The molecule has 0 saturated heterocycles. The molecule has 2 rings (SSSR count). The Labute approximate surface area is 138 Å². The summed E-state index contributed by atoms with van der Waals surface area (Å²) in [6.07, 6.45) is 0. The summed E-state index contributed by atoms with van der Waals surface area (Å²) in [5, 5.41) is 0.502. The minimum absolute atomic E-state index is 0.316. The molecule has 0 aromatic carbocycles. The van der Waals surface area contributed by atoms with E-state index in [0.717, 1.165) is 10.4 Å². The maximum absolute atomic E-state index is 13.0. The minimum Gasteiger partial charge on any atom is -0.302 e. The van der Waals surface area contributed by atoms with Crippen LogP contribution in [-0.4, -0.2) is 40.1 Å². The van der Waals surface area contributed by atoms with Crippen molar-refractivity contribution >= 4 is 33.1 Å². The molecule has 0 amide bonds. The molecule has 23 heavy (non-hydrogen) atoms. The van der Waals surface area contributed by atoms with Crippen molar-refractivity contribution in [2.45, 2.75) is 40.3 Å². The first-order valence-corrected chi connectivity index (χ1v) is 8.13. The molecule has 124 valence electrons. The van der Waals surface area contributed by atoms with Gasteiger partial charge in [-0.25, -0.2) is 4.98 Å². The first kappa shape index (κ1) is 17.5. The van der Waals surface area contributed by atoms with Crippen LogP contribution in [0.4, 0.5) is 0 Å². The summed E-state index contributed by atoms with van der Waals surface area (Å²) >= 11 is 1.46. The molecular weight excluding hydrogens is 314 g/mol. The molecule has 0 aliphatic carbocycles. The summed E-state index contributed by atoms with van der Waals surface area (Å²) in [6.45, 7) is 6.83. The highest BCUT2D eigenvalue weighted by Gasteiger charge is 2.28. The fourth-order valence-corrected chi connectivity index (χ4v) is 3.70. The molecule has 0 N–H and O–H groups in total. The smallest absolute Gasteiger partial charge is 0.263 e. The van der Waals surface area contributed by atoms with Gasteiger partial charge in [0, 0.05) is 4.88 Å². The average Bonchev–Trinajstić information content (AvgIpc) is 2.67. The number of hydrogen-bond donors (Lipinski definition) is 0. The van der Waals surface area contributed by atoms with Gasteiger partial charge in [0.15, 0.2) is 17.6 Å². The van der Waals surface area contributed by atoms with Gasteiger partial charge < -0.3 is 4.90 Å². The number of thiophene rings is 1. The lowest BCUT2D eigenvalue weighted by molar-refractivity contribution is -0.129. The first-order valence-electron chi connectivity index (χ1n) is 7.31. The van der Waals surface area contributed by atoms with Gasteiger partial charge in [-0.2, -0.15) is 0 Å². The lowest BCUT2D eigenvalue weighted by Gasteiger charge is -2.20. The van der Waals surface area contributed by atoms with E-state index in [0.29, 0.717) is 22.6 Å². The van der Waals surface area contributed by atoms with Crippen LogP contribution in [0, 0.1) is 13.8 Å². The number of fused-ring (bicyclic) bond motifs is 1. The first-order chi connectivity index (χ1) is 10.6. The molecule has 0 aliphatic rings. The zero-order valence-electron chi connectivity index (χ0n) is 14.3. The van der Waals surface area contributed by atoms with E-state index in [4.69, 9.17) is 0 Å². The third-order valence-electron chi connectivity index (χ3n) is 3.79. The number of hydrogen-bond acceptors (Lipinski definition) is 6. The highest BCUT2D eigenvalue weighted by Crippen LogP contribution is 2.27. The summed E-state index contributed by atoms with van der Waals surface area (Å²) in [5.74, 6) is -0.278. The van der Waals surface area contributed by atoms with E-state index in [1.807, 2.05) is 32.8 Å². The van der Waals surface area contributed by atoms with Gasteiger partial charge in [-0.1, -0.05) is 0 Å². The summed E-state index contributed by atoms with van der Waals surface area (Å²) in [4.78, 5) is 45.1. The SMILES string of the molecule is CC(=O)C(C(C)=O)n1c(CN(C)C)nc2sc(C)c(C)c2c1=O. The zero-order valence-corrected chi connectivity index (χ0v) is 15.1. The van der Waals surface area contributed by atoms with Crippen LogP contribution >= 0.6 is 11.3 Å². The number of carbonyl (C=O) groups excluding carboxylic acids is 2. The molecule has 0 atom stereocenters. The predicted molar refractivity (Wildman–Crippen MR) is 91.1 cm³/mol. The Hall–Kier alpha value is -1.86. The van der Waals surface area contributed by atoms with Crippen molar-refractivity contribution in [2.75, 3.05) is 14.1 Å². The fourth-order valence-electron chi connectivity index (χ4n) is 2.66. The Kier molecular flexibility index (Phi) is 4.81. The molecule has 2 aromatic rings. The Morgan fingerprint density at radius 3 is 2.26 bits per heavy atom. The van der Waals surface area contributed by atoms with Crippen molar-refractivity contribution in [1.82, 2.24) is 14.5 Å². The third-order valence-corrected chi connectivity index (χ3v) is 4.90. The van der Waals surface area contributed by atoms with Crippen LogP contribution in [0.1, 0.15) is 36.2 Å². The maximum Gasteiger partial charge on any atom is 0.263 e. The number of rotatable bonds is 5. The van der Waals surface area contributed by atoms with E-state index < -0.39 is 6.04 Å². The molecule has 0 radical (unpaired) electrons. The second-order valence-electron chi connectivity index (χ2n) is 6.03. The molecule has 0 bridgehead atoms. The van der Waals surface area contributed by atoms with Gasteiger partial charge in [0.05, 0.1) is 11.9 Å². The van der Waals surface area contributed by atoms with E-state index in [2.05, 4.69) is 4.98 Å². The highest BCUT2D eigenvalue weighted by molar-refractivity contribution is 7.18. The number of carbonyl (C=O) groups is 2. The van der Waals surface area contributed by atoms with Gasteiger partial charge >= 0.3 is 0 Å². The molecule has 0 fully saturated rings. The molecule has 6 nitrogen and oxygen atoms in total. The number of aryl methyl sites for hydroxylation is 2. The molecule has 7 heteroatoms. The molecule has 0 spiro atoms. The van der Waals surface area contributed by atoms with Crippen LogP contribution < -0.4 is 5.56 Å². The molecule has 0 aliphatic heterocycles. The number of nitrogens with zero attached hydrogens (tertiary/aromatic N) is 3. The van der Waals surface area contributed by atoms with Crippen LogP contribution in [-0.2, 0) is 16.1 Å². The van der Waals surface area contributed by atoms with E-state index in [1.165, 1.54) is 29.8 Å². The highest BCUT2D eigenvalue weighted by atomic mass is 32.1. The van der Waals surface area contributed by atoms with Gasteiger partial charge in [0.2, 0.25) is 0 Å². The lowest BCUT2D eigenvalue weighted by Crippen LogP contribution is -2.37. The van der Waals surface area contributed by atoms with Crippen molar-refractivity contribution in [3.8, 4) is 0 Å². The Morgan fingerprint density at radius 1 is 1.22 bits per heavy atom. The predicted octanol–water partition coefficient (Wildman–Crippen LogP) is 1.86. The standard InChI is InChI=1S/C16H21N3O3S/c1-8-11(4)23-15-13(8)16(22)19(12(17-15)7-18(5)6)14(9(2)20)10(3)21/h14H,7H2,1-6H3. The van der Waals surface area contributed by atoms with Crippen molar-refractivity contribution in [3.05, 3.63) is 26.6 Å². The molecule has 0 unspecified atom stereocenters. The summed E-state index contributed by atoms with van der Waals surface area (Å²) < 4.78 is 1.27. The van der Waals surface area contributed by atoms with E-state index >= 15 is 0 Å². The van der Waals surface area contributed by atoms with E-state index in [9.17, 15) is 14.4 Å². The molecule has 2 heterocycles. The van der Waals surface area contributed by atoms with Crippen molar-refractivity contribution < 1.29 is 9.59 Å². The van der Waals surface area contributed by atoms with E-state index in [1.54, 1.807) is 0 Å². The summed E-state index contributed by atoms with van der Waals surface area (Å²) in [5.41, 5.74) is 0.544. The summed E-state index contributed by atoms with van der Waals surface area (Å²) in [6, 6.07) is -1.12. The Morgan fingerprint density at radius 2 is 1.78 bits per heavy atom. The zero-order chi connectivity index (χ0) is 17.5. The van der Waals surface area contributed by atoms with Gasteiger partial charge in [0.1, 0.15) is 10.7 Å². The lowest BCUT2D eigenvalue weighted by atomic mass is 10.1. The van der Waals surface area contributed by atoms with Crippen molar-refractivity contribution in [2.24, 2.45) is 0 Å². The van der Waals surface area contributed by atoms with Gasteiger partial charge in [-0.05, 0) is 47.4 Å². The molecule has 0 saturated carbocycles. The number of aromatic nitrogens is 2. The van der Waals surface area contributed by atoms with E-state index in [-0.39, 0.29) is 17.1 Å². The van der Waals surface area contributed by atoms with Crippen molar-refractivity contribution in [3.63, 3.8) is 0 Å². The monoisotopic (exact) mass is 335 g/mol. The fraction of sp³-hybridized carbons (Fsp3) is 0.500. The number of ketones is 2. The molecular formula is C16H21N3O3S. The second-order valence-corrected chi connectivity index (χ2v) is 7.23. The van der Waals surface area contributed by atoms with Crippen LogP contribution in [0.2, 0.25) is 0 Å². The third kappa shape index (κ3) is 3.11. The maximum atomic E-state index is 13.0. The van der Waals surface area contributed by atoms with Gasteiger partial charge in [-0.15, -0.1) is 11.3 Å². The number of Topliss-reactive ketones (excluding diaryl/α,β-unsaturated/α-hetero) is 2. The normalized spacial score (nSPS) is 11.7. The minimum atomic E-state index is -1.12. The topological polar surface area (TPSA) is 72.3 Å². The van der Waals surface area contributed by atoms with Crippen LogP contribution in [0.25, 0.3) is 10.2 Å². The van der Waals surface area contributed by atoms with Gasteiger partial charge in [0.25, 0.3) is 5.56 Å². The van der Waals surface area contributed by atoms with Gasteiger partial charge in [-0.3, -0.25) is 19.0 Å². The van der Waals surface area contributed by atoms with Crippen LogP contribution in [0.5, 0.6) is 0 Å². The average molecular weight is 335 g/mol. The van der Waals surface area contributed by atoms with Crippen molar-refractivity contribution in [1.29, 1.82) is 0 Å². The second kappa shape index (κ2) is 6.33. The Bertz CT molecular complexity index is 834. The van der Waals surface area contributed by atoms with Crippen LogP contribution in [0.3, 0.4) is 0 Å².